The lowest BCUT2D eigenvalue weighted by Gasteiger charge is -2.41. The van der Waals surface area contributed by atoms with Gasteiger partial charge in [0.05, 0.1) is 5.60 Å². The van der Waals surface area contributed by atoms with Crippen LogP contribution in [0.4, 0.5) is 0 Å². The molecule has 1 saturated carbocycles. The molecule has 18 heavy (non-hydrogen) atoms. The fourth-order valence-corrected chi connectivity index (χ4v) is 3.55. The minimum atomic E-state index is -0.616. The number of benzene rings is 1. The Morgan fingerprint density at radius 1 is 1.17 bits per heavy atom. The third-order valence-electron chi connectivity index (χ3n) is 4.85. The molecule has 1 fully saturated rings. The van der Waals surface area contributed by atoms with Crippen LogP contribution < -0.4 is 0 Å². The lowest BCUT2D eigenvalue weighted by molar-refractivity contribution is -0.0507. The molecule has 0 aromatic heterocycles. The second kappa shape index (κ2) is 5.88. The Kier molecular flexibility index (Phi) is 4.45. The smallest absolute Gasteiger partial charge is 0.0922 e. The fourth-order valence-electron chi connectivity index (χ4n) is 3.55. The lowest BCUT2D eigenvalue weighted by atomic mass is 9.68. The summed E-state index contributed by atoms with van der Waals surface area (Å²) in [5.74, 6) is 1.24. The van der Waals surface area contributed by atoms with Gasteiger partial charge in [0.1, 0.15) is 0 Å². The maximum Gasteiger partial charge on any atom is 0.0922 e. The summed E-state index contributed by atoms with van der Waals surface area (Å²) in [7, 11) is 0. The second-order valence-electron chi connectivity index (χ2n) is 5.78. The number of hydrogen-bond donors (Lipinski definition) is 1. The quantitative estimate of drug-likeness (QED) is 0.829. The molecule has 0 bridgehead atoms. The molecule has 1 heteroatoms. The molecule has 0 aliphatic heterocycles. The molecule has 1 aromatic carbocycles. The van der Waals surface area contributed by atoms with Gasteiger partial charge in [-0.25, -0.2) is 0 Å². The molecule has 1 aliphatic carbocycles. The average molecular weight is 246 g/mol. The Balaban J connectivity index is 2.21. The van der Waals surface area contributed by atoms with Crippen molar-refractivity contribution < 1.29 is 5.11 Å². The zero-order valence-corrected chi connectivity index (χ0v) is 11.7. The Labute approximate surface area is 111 Å². The van der Waals surface area contributed by atoms with Crippen LogP contribution in [0.3, 0.4) is 0 Å². The molecule has 1 aliphatic rings. The third kappa shape index (κ3) is 2.61. The van der Waals surface area contributed by atoms with Crippen molar-refractivity contribution in [3.05, 3.63) is 35.9 Å². The van der Waals surface area contributed by atoms with Crippen LogP contribution in [0, 0.1) is 11.8 Å². The maximum atomic E-state index is 11.1. The zero-order chi connectivity index (χ0) is 13.0. The summed E-state index contributed by atoms with van der Waals surface area (Å²) >= 11 is 0. The first-order valence-electron chi connectivity index (χ1n) is 7.48. The lowest BCUT2D eigenvalue weighted by Crippen LogP contribution is -2.37. The van der Waals surface area contributed by atoms with Crippen LogP contribution in [-0.2, 0) is 5.60 Å². The van der Waals surface area contributed by atoms with Crippen molar-refractivity contribution in [1.29, 1.82) is 0 Å². The van der Waals surface area contributed by atoms with Crippen molar-refractivity contribution in [2.45, 2.75) is 58.0 Å². The van der Waals surface area contributed by atoms with E-state index < -0.39 is 5.60 Å². The van der Waals surface area contributed by atoms with Crippen molar-refractivity contribution in [2.24, 2.45) is 11.8 Å². The summed E-state index contributed by atoms with van der Waals surface area (Å²) in [5.41, 5.74) is 0.490. The second-order valence-corrected chi connectivity index (χ2v) is 5.78. The van der Waals surface area contributed by atoms with E-state index in [1.54, 1.807) is 0 Å². The fraction of sp³-hybridized carbons (Fsp3) is 0.647. The molecule has 0 saturated heterocycles. The van der Waals surface area contributed by atoms with E-state index in [0.29, 0.717) is 5.92 Å². The molecular weight excluding hydrogens is 220 g/mol. The van der Waals surface area contributed by atoms with E-state index in [4.69, 9.17) is 0 Å². The van der Waals surface area contributed by atoms with Gasteiger partial charge in [0, 0.05) is 0 Å². The van der Waals surface area contributed by atoms with Gasteiger partial charge >= 0.3 is 0 Å². The third-order valence-corrected chi connectivity index (χ3v) is 4.85. The highest BCUT2D eigenvalue weighted by Gasteiger charge is 2.38. The summed E-state index contributed by atoms with van der Waals surface area (Å²) in [5, 5.41) is 11.1. The van der Waals surface area contributed by atoms with Crippen molar-refractivity contribution in [2.75, 3.05) is 0 Å². The number of hydrogen-bond acceptors (Lipinski definition) is 1. The normalized spacial score (nSPS) is 27.7. The standard InChI is InChI=1S/C17H26O/c1-3-14-9-8-12-16(13-14)17(18,4-2)15-10-6-5-7-11-15/h5-7,10-11,14,16,18H,3-4,8-9,12-13H2,1-2H3. The van der Waals surface area contributed by atoms with E-state index >= 15 is 0 Å². The van der Waals surface area contributed by atoms with Crippen LogP contribution >= 0.6 is 0 Å². The van der Waals surface area contributed by atoms with Gasteiger partial charge in [0.15, 0.2) is 0 Å². The van der Waals surface area contributed by atoms with Crippen molar-refractivity contribution in [1.82, 2.24) is 0 Å². The van der Waals surface area contributed by atoms with Gasteiger partial charge in [-0.1, -0.05) is 63.4 Å². The van der Waals surface area contributed by atoms with Gasteiger partial charge in [-0.2, -0.15) is 0 Å². The highest BCUT2D eigenvalue weighted by atomic mass is 16.3. The van der Waals surface area contributed by atoms with E-state index in [1.165, 1.54) is 32.1 Å². The summed E-state index contributed by atoms with van der Waals surface area (Å²) in [4.78, 5) is 0. The highest BCUT2D eigenvalue weighted by Crippen LogP contribution is 2.43. The minimum absolute atomic E-state index is 0.434. The molecule has 0 spiro atoms. The SMILES string of the molecule is CCC1CCCC(C(O)(CC)c2ccccc2)C1. The molecule has 0 heterocycles. The Morgan fingerprint density at radius 2 is 1.89 bits per heavy atom. The summed E-state index contributed by atoms with van der Waals surface area (Å²) in [6.07, 6.45) is 7.06. The van der Waals surface area contributed by atoms with Gasteiger partial charge in [0.2, 0.25) is 0 Å². The van der Waals surface area contributed by atoms with E-state index in [2.05, 4.69) is 26.0 Å². The van der Waals surface area contributed by atoms with E-state index in [0.717, 1.165) is 17.9 Å². The van der Waals surface area contributed by atoms with E-state index in [1.807, 2.05) is 18.2 Å². The summed E-state index contributed by atoms with van der Waals surface area (Å²) in [6.45, 7) is 4.39. The van der Waals surface area contributed by atoms with E-state index in [9.17, 15) is 5.11 Å². The van der Waals surface area contributed by atoms with Crippen LogP contribution in [0.2, 0.25) is 0 Å². The maximum absolute atomic E-state index is 11.1. The molecule has 3 atom stereocenters. The van der Waals surface area contributed by atoms with Crippen LogP contribution in [0.25, 0.3) is 0 Å². The minimum Gasteiger partial charge on any atom is -0.385 e. The van der Waals surface area contributed by atoms with Crippen LogP contribution in [0.15, 0.2) is 30.3 Å². The van der Waals surface area contributed by atoms with Crippen molar-refractivity contribution in [3.63, 3.8) is 0 Å². The molecule has 1 aromatic rings. The van der Waals surface area contributed by atoms with Crippen molar-refractivity contribution >= 4 is 0 Å². The molecular formula is C17H26O. The molecule has 2 rings (SSSR count). The molecule has 1 N–H and O–H groups in total. The first kappa shape index (κ1) is 13.6. The Bertz CT molecular complexity index is 359. The van der Waals surface area contributed by atoms with Gasteiger partial charge in [-0.05, 0) is 36.7 Å². The van der Waals surface area contributed by atoms with Crippen LogP contribution in [-0.4, -0.2) is 5.11 Å². The average Bonchev–Trinajstić information content (AvgIpc) is 2.47. The van der Waals surface area contributed by atoms with Crippen molar-refractivity contribution in [3.8, 4) is 0 Å². The first-order chi connectivity index (χ1) is 8.70. The molecule has 1 nitrogen and oxygen atoms in total. The summed E-state index contributed by atoms with van der Waals surface area (Å²) in [6, 6.07) is 10.3. The van der Waals surface area contributed by atoms with Gasteiger partial charge in [-0.3, -0.25) is 0 Å². The summed E-state index contributed by atoms with van der Waals surface area (Å²) < 4.78 is 0. The monoisotopic (exact) mass is 246 g/mol. The topological polar surface area (TPSA) is 20.2 Å². The Morgan fingerprint density at radius 3 is 2.50 bits per heavy atom. The molecule has 0 radical (unpaired) electrons. The van der Waals surface area contributed by atoms with Gasteiger partial charge in [-0.15, -0.1) is 0 Å². The van der Waals surface area contributed by atoms with Crippen LogP contribution in [0.1, 0.15) is 57.9 Å². The Hall–Kier alpha value is -0.820. The molecule has 0 amide bonds. The van der Waals surface area contributed by atoms with Gasteiger partial charge in [0.25, 0.3) is 0 Å². The predicted octanol–water partition coefficient (Wildman–Crippen LogP) is 4.50. The van der Waals surface area contributed by atoms with Crippen LogP contribution in [0.5, 0.6) is 0 Å². The molecule has 100 valence electrons. The zero-order valence-electron chi connectivity index (χ0n) is 11.7. The van der Waals surface area contributed by atoms with Gasteiger partial charge < -0.3 is 5.11 Å². The largest absolute Gasteiger partial charge is 0.385 e. The predicted molar refractivity (Wildman–Crippen MR) is 76.4 cm³/mol. The number of rotatable bonds is 4. The first-order valence-corrected chi connectivity index (χ1v) is 7.48. The highest BCUT2D eigenvalue weighted by molar-refractivity contribution is 5.23. The van der Waals surface area contributed by atoms with E-state index in [-0.39, 0.29) is 0 Å². The molecule has 3 unspecified atom stereocenters. The number of aliphatic hydroxyl groups is 1.